The molecule has 4 rings (SSSR count). The van der Waals surface area contributed by atoms with Crippen LogP contribution in [0, 0.1) is 0 Å². The van der Waals surface area contributed by atoms with Crippen LogP contribution in [0.5, 0.6) is 17.2 Å². The number of carbonyl (C=O) groups is 1. The van der Waals surface area contributed by atoms with Crippen molar-refractivity contribution in [2.75, 3.05) is 12.1 Å². The molecule has 1 unspecified atom stereocenters. The molecule has 0 bridgehead atoms. The number of anilines is 1. The zero-order valence-electron chi connectivity index (χ0n) is 12.8. The number of carbonyl (C=O) groups excluding carboxylic acids is 1. The van der Waals surface area contributed by atoms with E-state index in [1.165, 1.54) is 11.3 Å². The first-order valence-electron chi connectivity index (χ1n) is 7.42. The Balaban J connectivity index is 1.48. The summed E-state index contributed by atoms with van der Waals surface area (Å²) in [6, 6.07) is 12.9. The number of nitrogens with one attached hydrogen (secondary N) is 1. The molecule has 2 heterocycles. The lowest BCUT2D eigenvalue weighted by atomic mass is 10.3. The maximum absolute atomic E-state index is 12.3. The fraction of sp³-hybridized carbons (Fsp3) is 0.176. The van der Waals surface area contributed by atoms with Gasteiger partial charge in [-0.3, -0.25) is 10.1 Å². The van der Waals surface area contributed by atoms with Gasteiger partial charge in [-0.1, -0.05) is 29.5 Å². The summed E-state index contributed by atoms with van der Waals surface area (Å²) in [7, 11) is 0. The highest BCUT2D eigenvalue weighted by Crippen LogP contribution is 2.38. The number of amides is 1. The van der Waals surface area contributed by atoms with Crippen LogP contribution in [0.2, 0.25) is 0 Å². The molecule has 1 amide bonds. The molecule has 122 valence electrons. The van der Waals surface area contributed by atoms with E-state index in [1.54, 1.807) is 6.92 Å². The summed E-state index contributed by atoms with van der Waals surface area (Å²) in [5, 5.41) is 3.30. The number of fused-ring (bicyclic) bond motifs is 2. The number of rotatable bonds is 4. The van der Waals surface area contributed by atoms with E-state index < -0.39 is 6.10 Å². The summed E-state index contributed by atoms with van der Waals surface area (Å²) in [5.41, 5.74) is 0.760. The number of thiazole rings is 1. The van der Waals surface area contributed by atoms with Crippen LogP contribution in [0.1, 0.15) is 6.92 Å². The van der Waals surface area contributed by atoms with E-state index in [0.717, 1.165) is 10.2 Å². The van der Waals surface area contributed by atoms with Crippen molar-refractivity contribution in [1.82, 2.24) is 4.98 Å². The minimum absolute atomic E-state index is 0.227. The molecule has 1 atom stereocenters. The Labute approximate surface area is 142 Å². The number of benzene rings is 2. The fourth-order valence-electron chi connectivity index (χ4n) is 2.34. The largest absolute Gasteiger partial charge is 0.481 e. The van der Waals surface area contributed by atoms with Gasteiger partial charge in [0.05, 0.1) is 10.2 Å². The van der Waals surface area contributed by atoms with Crippen molar-refractivity contribution in [1.29, 1.82) is 0 Å². The van der Waals surface area contributed by atoms with Crippen molar-refractivity contribution in [3.8, 4) is 17.2 Å². The molecule has 6 nitrogen and oxygen atoms in total. The van der Waals surface area contributed by atoms with E-state index >= 15 is 0 Å². The van der Waals surface area contributed by atoms with Crippen molar-refractivity contribution in [2.24, 2.45) is 0 Å². The first-order valence-corrected chi connectivity index (χ1v) is 8.23. The SMILES string of the molecule is CC(Oc1ccccc1)C(=O)Nc1nc2cc3c(cc2s1)OCO3. The minimum atomic E-state index is -0.629. The standard InChI is InChI=1S/C17H14N2O4S/c1-10(23-11-5-3-2-4-6-11)16(20)19-17-18-12-7-13-14(22-9-21-13)8-15(12)24-17/h2-8,10H,9H2,1H3,(H,18,19,20). The topological polar surface area (TPSA) is 69.7 Å². The Morgan fingerprint density at radius 2 is 2.00 bits per heavy atom. The van der Waals surface area contributed by atoms with Crippen LogP contribution in [0.25, 0.3) is 10.2 Å². The van der Waals surface area contributed by atoms with Crippen LogP contribution in [-0.4, -0.2) is 23.8 Å². The third-order valence-corrected chi connectivity index (χ3v) is 4.47. The van der Waals surface area contributed by atoms with E-state index in [2.05, 4.69) is 10.3 Å². The predicted octanol–water partition coefficient (Wildman–Crippen LogP) is 3.43. The molecule has 0 radical (unpaired) electrons. The van der Waals surface area contributed by atoms with Crippen LogP contribution in [0.3, 0.4) is 0 Å². The van der Waals surface area contributed by atoms with Crippen molar-refractivity contribution in [3.63, 3.8) is 0 Å². The Hall–Kier alpha value is -2.80. The smallest absolute Gasteiger partial charge is 0.266 e. The maximum atomic E-state index is 12.3. The molecular weight excluding hydrogens is 328 g/mol. The lowest BCUT2D eigenvalue weighted by Crippen LogP contribution is -2.30. The van der Waals surface area contributed by atoms with Gasteiger partial charge in [-0.2, -0.15) is 0 Å². The van der Waals surface area contributed by atoms with Gasteiger partial charge in [-0.25, -0.2) is 4.98 Å². The minimum Gasteiger partial charge on any atom is -0.481 e. The lowest BCUT2D eigenvalue weighted by molar-refractivity contribution is -0.122. The number of nitrogens with zero attached hydrogens (tertiary/aromatic N) is 1. The molecule has 0 aliphatic carbocycles. The Morgan fingerprint density at radius 1 is 1.25 bits per heavy atom. The first kappa shape index (κ1) is 14.8. The average molecular weight is 342 g/mol. The van der Waals surface area contributed by atoms with Crippen molar-refractivity contribution < 1.29 is 19.0 Å². The van der Waals surface area contributed by atoms with E-state index in [9.17, 15) is 4.79 Å². The molecule has 0 fully saturated rings. The van der Waals surface area contributed by atoms with Crippen LogP contribution in [0.4, 0.5) is 5.13 Å². The molecule has 1 aliphatic heterocycles. The summed E-state index contributed by atoms with van der Waals surface area (Å²) >= 11 is 1.38. The van der Waals surface area contributed by atoms with E-state index in [1.807, 2.05) is 42.5 Å². The summed E-state index contributed by atoms with van der Waals surface area (Å²) in [6.07, 6.45) is -0.629. The fourth-order valence-corrected chi connectivity index (χ4v) is 3.21. The van der Waals surface area contributed by atoms with E-state index in [-0.39, 0.29) is 12.7 Å². The summed E-state index contributed by atoms with van der Waals surface area (Å²) < 4.78 is 17.2. The van der Waals surface area contributed by atoms with Crippen LogP contribution >= 0.6 is 11.3 Å². The molecular formula is C17H14N2O4S. The average Bonchev–Trinajstić information content (AvgIpc) is 3.18. The Kier molecular flexibility index (Phi) is 3.70. The van der Waals surface area contributed by atoms with Crippen molar-refractivity contribution in [3.05, 3.63) is 42.5 Å². The molecule has 7 heteroatoms. The molecule has 0 saturated carbocycles. The Morgan fingerprint density at radius 3 is 2.79 bits per heavy atom. The van der Waals surface area contributed by atoms with Crippen molar-refractivity contribution in [2.45, 2.75) is 13.0 Å². The lowest BCUT2D eigenvalue weighted by Gasteiger charge is -2.13. The molecule has 0 spiro atoms. The van der Waals surface area contributed by atoms with Gasteiger partial charge >= 0.3 is 0 Å². The number of aromatic nitrogens is 1. The molecule has 3 aromatic rings. The third-order valence-electron chi connectivity index (χ3n) is 3.54. The van der Waals surface area contributed by atoms with Gasteiger partial charge in [-0.05, 0) is 19.1 Å². The molecule has 0 saturated heterocycles. The van der Waals surface area contributed by atoms with Gasteiger partial charge < -0.3 is 14.2 Å². The van der Waals surface area contributed by atoms with Gasteiger partial charge in [0, 0.05) is 12.1 Å². The monoisotopic (exact) mass is 342 g/mol. The summed E-state index contributed by atoms with van der Waals surface area (Å²) in [5.74, 6) is 1.77. The van der Waals surface area contributed by atoms with Crippen molar-refractivity contribution >= 4 is 32.6 Å². The molecule has 2 aromatic carbocycles. The highest BCUT2D eigenvalue weighted by atomic mass is 32.1. The zero-order chi connectivity index (χ0) is 16.5. The van der Waals surface area contributed by atoms with Gasteiger partial charge in [-0.15, -0.1) is 0 Å². The summed E-state index contributed by atoms with van der Waals surface area (Å²) in [6.45, 7) is 1.93. The van der Waals surface area contributed by atoms with Gasteiger partial charge in [0.1, 0.15) is 5.75 Å². The highest BCUT2D eigenvalue weighted by molar-refractivity contribution is 7.22. The van der Waals surface area contributed by atoms with Gasteiger partial charge in [0.25, 0.3) is 5.91 Å². The molecule has 1 aliphatic rings. The number of hydrogen-bond acceptors (Lipinski definition) is 6. The third kappa shape index (κ3) is 2.85. The highest BCUT2D eigenvalue weighted by Gasteiger charge is 2.19. The van der Waals surface area contributed by atoms with E-state index in [4.69, 9.17) is 14.2 Å². The summed E-state index contributed by atoms with van der Waals surface area (Å²) in [4.78, 5) is 16.7. The van der Waals surface area contributed by atoms with Crippen LogP contribution in [0.15, 0.2) is 42.5 Å². The maximum Gasteiger partial charge on any atom is 0.266 e. The molecule has 1 N–H and O–H groups in total. The quantitative estimate of drug-likeness (QED) is 0.787. The first-order chi connectivity index (χ1) is 11.7. The Bertz CT molecular complexity index is 853. The number of ether oxygens (including phenoxy) is 3. The van der Waals surface area contributed by atoms with Crippen LogP contribution < -0.4 is 19.5 Å². The van der Waals surface area contributed by atoms with Crippen LogP contribution in [-0.2, 0) is 4.79 Å². The second-order valence-electron chi connectivity index (χ2n) is 5.25. The number of hydrogen-bond donors (Lipinski definition) is 1. The normalized spacial score (nSPS) is 13.7. The van der Waals surface area contributed by atoms with Gasteiger partial charge in [0.15, 0.2) is 22.7 Å². The number of para-hydroxylation sites is 1. The zero-order valence-corrected chi connectivity index (χ0v) is 13.6. The molecule has 1 aromatic heterocycles. The van der Waals surface area contributed by atoms with E-state index in [0.29, 0.717) is 22.4 Å². The predicted molar refractivity (Wildman–Crippen MR) is 90.9 cm³/mol. The second kappa shape index (κ2) is 6.01. The second-order valence-corrected chi connectivity index (χ2v) is 6.29. The van der Waals surface area contributed by atoms with Gasteiger partial charge in [0.2, 0.25) is 6.79 Å². The molecule has 24 heavy (non-hydrogen) atoms.